The van der Waals surface area contributed by atoms with E-state index in [-0.39, 0.29) is 6.04 Å². The predicted molar refractivity (Wildman–Crippen MR) is 81.7 cm³/mol. The number of nitrogens with zero attached hydrogens (tertiary/aromatic N) is 2. The van der Waals surface area contributed by atoms with Crippen LogP contribution in [0.2, 0.25) is 5.02 Å². The van der Waals surface area contributed by atoms with Crippen LogP contribution in [0.25, 0.3) is 0 Å². The van der Waals surface area contributed by atoms with E-state index in [2.05, 4.69) is 24.0 Å². The summed E-state index contributed by atoms with van der Waals surface area (Å²) in [6, 6.07) is 7.48. The molecule has 4 nitrogen and oxygen atoms in total. The quantitative estimate of drug-likeness (QED) is 0.815. The van der Waals surface area contributed by atoms with E-state index in [0.29, 0.717) is 23.4 Å². The number of nitrogens with two attached hydrogens (primary N) is 1. The number of rotatable bonds is 6. The van der Waals surface area contributed by atoms with Gasteiger partial charge in [0.2, 0.25) is 5.89 Å². The van der Waals surface area contributed by atoms with Gasteiger partial charge in [-0.3, -0.25) is 0 Å². The zero-order chi connectivity index (χ0) is 14.5. The lowest BCUT2D eigenvalue weighted by atomic mass is 10.0. The Morgan fingerprint density at radius 1 is 1.35 bits per heavy atom. The van der Waals surface area contributed by atoms with Crippen LogP contribution in [0, 0.1) is 5.92 Å². The van der Waals surface area contributed by atoms with E-state index in [1.807, 2.05) is 24.3 Å². The SMILES string of the molecule is CCC(C)[C@H](N)c1nc(CSc2ccc(Cl)cc2)no1. The Bertz CT molecular complexity index is 544. The summed E-state index contributed by atoms with van der Waals surface area (Å²) in [4.78, 5) is 5.48. The molecule has 0 aliphatic rings. The van der Waals surface area contributed by atoms with Crippen molar-refractivity contribution < 1.29 is 4.52 Å². The first kappa shape index (κ1) is 15.4. The highest BCUT2D eigenvalue weighted by atomic mass is 35.5. The van der Waals surface area contributed by atoms with Gasteiger partial charge in [0.25, 0.3) is 0 Å². The molecule has 2 rings (SSSR count). The van der Waals surface area contributed by atoms with Gasteiger partial charge in [-0.15, -0.1) is 11.8 Å². The van der Waals surface area contributed by atoms with E-state index >= 15 is 0 Å². The molecule has 1 heterocycles. The highest BCUT2D eigenvalue weighted by molar-refractivity contribution is 7.98. The van der Waals surface area contributed by atoms with Crippen LogP contribution in [0.1, 0.15) is 38.0 Å². The van der Waals surface area contributed by atoms with Crippen molar-refractivity contribution in [3.05, 3.63) is 41.0 Å². The Kier molecular flexibility index (Phi) is 5.46. The fourth-order valence-electron chi connectivity index (χ4n) is 1.64. The van der Waals surface area contributed by atoms with Crippen molar-refractivity contribution in [2.45, 2.75) is 37.0 Å². The van der Waals surface area contributed by atoms with Gasteiger partial charge in [-0.1, -0.05) is 37.0 Å². The van der Waals surface area contributed by atoms with Gasteiger partial charge in [0.05, 0.1) is 11.8 Å². The van der Waals surface area contributed by atoms with E-state index in [4.69, 9.17) is 21.9 Å². The van der Waals surface area contributed by atoms with Crippen LogP contribution in [0.15, 0.2) is 33.7 Å². The molecule has 0 spiro atoms. The maximum atomic E-state index is 6.07. The van der Waals surface area contributed by atoms with Crippen molar-refractivity contribution in [2.75, 3.05) is 0 Å². The number of benzene rings is 1. The van der Waals surface area contributed by atoms with Crippen LogP contribution in [0.5, 0.6) is 0 Å². The standard InChI is InChI=1S/C14H18ClN3OS/c1-3-9(2)13(16)14-17-12(18-19-14)8-20-11-6-4-10(15)5-7-11/h4-7,9,13H,3,8,16H2,1-2H3/t9?,13-/m0/s1. The molecule has 1 aromatic heterocycles. The Morgan fingerprint density at radius 2 is 2.05 bits per heavy atom. The average Bonchev–Trinajstić information content (AvgIpc) is 2.94. The lowest BCUT2D eigenvalue weighted by Crippen LogP contribution is -2.18. The topological polar surface area (TPSA) is 64.9 Å². The van der Waals surface area contributed by atoms with E-state index < -0.39 is 0 Å². The lowest BCUT2D eigenvalue weighted by molar-refractivity contribution is 0.311. The van der Waals surface area contributed by atoms with Gasteiger partial charge in [0, 0.05) is 9.92 Å². The number of hydrogen-bond donors (Lipinski definition) is 1. The summed E-state index contributed by atoms with van der Waals surface area (Å²) in [5.74, 6) is 2.16. The zero-order valence-corrected chi connectivity index (χ0v) is 13.1. The molecule has 0 aliphatic carbocycles. The first-order chi connectivity index (χ1) is 9.60. The number of thioether (sulfide) groups is 1. The van der Waals surface area contributed by atoms with Gasteiger partial charge in [0.1, 0.15) is 0 Å². The molecule has 0 saturated heterocycles. The van der Waals surface area contributed by atoms with Gasteiger partial charge in [0.15, 0.2) is 5.82 Å². The van der Waals surface area contributed by atoms with Crippen molar-refractivity contribution in [3.8, 4) is 0 Å². The van der Waals surface area contributed by atoms with Crippen molar-refractivity contribution in [1.82, 2.24) is 10.1 Å². The molecule has 6 heteroatoms. The molecule has 2 atom stereocenters. The van der Waals surface area contributed by atoms with Gasteiger partial charge in [-0.05, 0) is 30.2 Å². The Hall–Kier alpha value is -1.04. The molecular weight excluding hydrogens is 294 g/mol. The molecule has 20 heavy (non-hydrogen) atoms. The van der Waals surface area contributed by atoms with Crippen molar-refractivity contribution in [3.63, 3.8) is 0 Å². The minimum absolute atomic E-state index is 0.193. The van der Waals surface area contributed by atoms with Crippen LogP contribution in [-0.4, -0.2) is 10.1 Å². The van der Waals surface area contributed by atoms with Crippen LogP contribution < -0.4 is 5.73 Å². The summed E-state index contributed by atoms with van der Waals surface area (Å²) < 4.78 is 5.24. The number of hydrogen-bond acceptors (Lipinski definition) is 5. The molecule has 0 saturated carbocycles. The summed E-state index contributed by atoms with van der Waals surface area (Å²) >= 11 is 7.48. The van der Waals surface area contributed by atoms with Gasteiger partial charge < -0.3 is 10.3 Å². The molecule has 0 aliphatic heterocycles. The molecule has 1 unspecified atom stereocenters. The van der Waals surface area contributed by atoms with Crippen LogP contribution in [0.4, 0.5) is 0 Å². The number of halogens is 1. The summed E-state index contributed by atoms with van der Waals surface area (Å²) in [7, 11) is 0. The molecule has 108 valence electrons. The molecule has 0 amide bonds. The maximum absolute atomic E-state index is 6.07. The van der Waals surface area contributed by atoms with Crippen LogP contribution in [0.3, 0.4) is 0 Å². The third-order valence-electron chi connectivity index (χ3n) is 3.21. The second-order valence-corrected chi connectivity index (χ2v) is 6.19. The highest BCUT2D eigenvalue weighted by Crippen LogP contribution is 2.25. The maximum Gasteiger partial charge on any atom is 0.243 e. The third-order valence-corrected chi connectivity index (χ3v) is 4.47. The normalized spacial score (nSPS) is 14.2. The van der Waals surface area contributed by atoms with E-state index in [1.54, 1.807) is 11.8 Å². The Balaban J connectivity index is 1.94. The second-order valence-electron chi connectivity index (χ2n) is 4.70. The minimum Gasteiger partial charge on any atom is -0.338 e. The predicted octanol–water partition coefficient (Wildman–Crippen LogP) is 4.06. The molecule has 0 radical (unpaired) electrons. The third kappa shape index (κ3) is 3.98. The Labute approximate surface area is 128 Å². The summed E-state index contributed by atoms with van der Waals surface area (Å²) in [5.41, 5.74) is 6.07. The monoisotopic (exact) mass is 311 g/mol. The van der Waals surface area contributed by atoms with Crippen LogP contribution >= 0.6 is 23.4 Å². The van der Waals surface area contributed by atoms with E-state index in [1.165, 1.54) is 0 Å². The summed E-state index contributed by atoms with van der Waals surface area (Å²) in [6.07, 6.45) is 0.985. The minimum atomic E-state index is -0.193. The molecule has 2 aromatic rings. The summed E-state index contributed by atoms with van der Waals surface area (Å²) in [5, 5.41) is 4.71. The highest BCUT2D eigenvalue weighted by Gasteiger charge is 2.19. The van der Waals surface area contributed by atoms with Gasteiger partial charge in [-0.2, -0.15) is 4.98 Å². The zero-order valence-electron chi connectivity index (χ0n) is 11.5. The Morgan fingerprint density at radius 3 is 2.70 bits per heavy atom. The van der Waals surface area contributed by atoms with Crippen molar-refractivity contribution in [1.29, 1.82) is 0 Å². The fourth-order valence-corrected chi connectivity index (χ4v) is 2.51. The molecule has 0 bridgehead atoms. The largest absolute Gasteiger partial charge is 0.338 e. The second kappa shape index (κ2) is 7.11. The van der Waals surface area contributed by atoms with E-state index in [0.717, 1.165) is 16.3 Å². The van der Waals surface area contributed by atoms with Crippen molar-refractivity contribution >= 4 is 23.4 Å². The smallest absolute Gasteiger partial charge is 0.243 e. The van der Waals surface area contributed by atoms with Gasteiger partial charge >= 0.3 is 0 Å². The first-order valence-corrected chi connectivity index (χ1v) is 7.93. The number of aromatic nitrogens is 2. The fraction of sp³-hybridized carbons (Fsp3) is 0.429. The molecule has 1 aromatic carbocycles. The first-order valence-electron chi connectivity index (χ1n) is 6.56. The van der Waals surface area contributed by atoms with Crippen molar-refractivity contribution in [2.24, 2.45) is 11.7 Å². The molecule has 0 fully saturated rings. The van der Waals surface area contributed by atoms with E-state index in [9.17, 15) is 0 Å². The van der Waals surface area contributed by atoms with Crippen LogP contribution in [-0.2, 0) is 5.75 Å². The summed E-state index contributed by atoms with van der Waals surface area (Å²) in [6.45, 7) is 4.18. The average molecular weight is 312 g/mol. The lowest BCUT2D eigenvalue weighted by Gasteiger charge is -2.12. The molecule has 2 N–H and O–H groups in total. The molecular formula is C14H18ClN3OS. The van der Waals surface area contributed by atoms with Gasteiger partial charge in [-0.25, -0.2) is 0 Å².